The Morgan fingerprint density at radius 2 is 2.43 bits per heavy atom. The van der Waals surface area contributed by atoms with Crippen LogP contribution in [-0.4, -0.2) is 16.1 Å². The molecule has 1 rings (SSSR count). The highest BCUT2D eigenvalue weighted by atomic mass is 35.5. The summed E-state index contributed by atoms with van der Waals surface area (Å²) < 4.78 is 13.0. The van der Waals surface area contributed by atoms with Gasteiger partial charge in [0.2, 0.25) is 0 Å². The maximum atomic E-state index is 13.0. The van der Waals surface area contributed by atoms with Gasteiger partial charge < -0.3 is 5.11 Å². The van der Waals surface area contributed by atoms with Crippen LogP contribution in [0.1, 0.15) is 12.0 Å². The molecular formula is C9H7ClFNO2. The lowest BCUT2D eigenvalue weighted by Gasteiger charge is -1.95. The predicted molar refractivity (Wildman–Crippen MR) is 50.5 cm³/mol. The van der Waals surface area contributed by atoms with E-state index in [0.29, 0.717) is 0 Å². The van der Waals surface area contributed by atoms with E-state index in [-0.39, 0.29) is 17.1 Å². The van der Waals surface area contributed by atoms with Crippen molar-refractivity contribution in [2.45, 2.75) is 6.42 Å². The molecule has 3 nitrogen and oxygen atoms in total. The lowest BCUT2D eigenvalue weighted by molar-refractivity contribution is -0.135. The first-order valence-electron chi connectivity index (χ1n) is 3.79. The number of aliphatic carboxylic acids is 1. The molecule has 0 aliphatic carbocycles. The molecule has 74 valence electrons. The van der Waals surface area contributed by atoms with E-state index >= 15 is 0 Å². The van der Waals surface area contributed by atoms with Gasteiger partial charge in [-0.25, -0.2) is 9.37 Å². The van der Waals surface area contributed by atoms with E-state index < -0.39 is 11.8 Å². The summed E-state index contributed by atoms with van der Waals surface area (Å²) in [6, 6.07) is 1.33. The fourth-order valence-electron chi connectivity index (χ4n) is 0.842. The number of carboxylic acid groups (broad SMARTS) is 1. The third kappa shape index (κ3) is 3.14. The average molecular weight is 216 g/mol. The molecule has 0 aromatic carbocycles. The maximum absolute atomic E-state index is 13.0. The molecule has 0 aliphatic heterocycles. The Morgan fingerprint density at radius 1 is 1.71 bits per heavy atom. The Labute approximate surface area is 84.8 Å². The normalized spacial score (nSPS) is 10.7. The van der Waals surface area contributed by atoms with E-state index in [1.165, 1.54) is 18.2 Å². The van der Waals surface area contributed by atoms with Crippen molar-refractivity contribution in [3.05, 3.63) is 34.9 Å². The van der Waals surface area contributed by atoms with Gasteiger partial charge in [-0.3, -0.25) is 4.79 Å². The fraction of sp³-hybridized carbons (Fsp3) is 0.111. The minimum absolute atomic E-state index is 0.153. The summed E-state index contributed by atoms with van der Waals surface area (Å²) in [5, 5.41) is 8.50. The summed E-state index contributed by atoms with van der Waals surface area (Å²) in [5.74, 6) is -1.50. The molecule has 0 spiro atoms. The van der Waals surface area contributed by atoms with Crippen LogP contribution in [0.25, 0.3) is 6.08 Å². The second kappa shape index (κ2) is 4.72. The van der Waals surface area contributed by atoms with Crippen molar-refractivity contribution in [2.75, 3.05) is 0 Å². The molecule has 1 heterocycles. The zero-order valence-corrected chi connectivity index (χ0v) is 7.83. The molecule has 14 heavy (non-hydrogen) atoms. The van der Waals surface area contributed by atoms with Gasteiger partial charge >= 0.3 is 5.97 Å². The van der Waals surface area contributed by atoms with Gasteiger partial charge in [0.25, 0.3) is 0 Å². The number of hydrogen-bond acceptors (Lipinski definition) is 2. The van der Waals surface area contributed by atoms with Crippen LogP contribution in [0.3, 0.4) is 0 Å². The first-order chi connectivity index (χ1) is 6.59. The van der Waals surface area contributed by atoms with Crippen molar-refractivity contribution in [1.29, 1.82) is 0 Å². The van der Waals surface area contributed by atoms with Crippen LogP contribution in [-0.2, 0) is 4.79 Å². The predicted octanol–water partition coefficient (Wildman–Crippen LogP) is 2.36. The van der Waals surface area contributed by atoms with Gasteiger partial charge in [0.1, 0.15) is 11.0 Å². The molecule has 0 radical (unpaired) electrons. The highest BCUT2D eigenvalue weighted by Crippen LogP contribution is 2.13. The van der Waals surface area contributed by atoms with Gasteiger partial charge in [-0.15, -0.1) is 0 Å². The molecule has 0 bridgehead atoms. The highest BCUT2D eigenvalue weighted by molar-refractivity contribution is 6.29. The van der Waals surface area contributed by atoms with E-state index in [2.05, 4.69) is 4.98 Å². The molecule has 1 aromatic heterocycles. The monoisotopic (exact) mass is 215 g/mol. The lowest BCUT2D eigenvalue weighted by Crippen LogP contribution is -1.90. The smallest absolute Gasteiger partial charge is 0.307 e. The first-order valence-corrected chi connectivity index (χ1v) is 4.17. The third-order valence-corrected chi connectivity index (χ3v) is 1.65. The van der Waals surface area contributed by atoms with E-state index in [1.807, 2.05) is 0 Å². The standard InChI is InChI=1S/C9H7ClFNO2/c10-8-4-6(7(11)5-12-8)2-1-3-9(13)14/h1-2,4-5H,3H2,(H,13,14). The van der Waals surface area contributed by atoms with Crippen molar-refractivity contribution in [1.82, 2.24) is 4.98 Å². The number of nitrogens with zero attached hydrogens (tertiary/aromatic N) is 1. The molecule has 0 saturated heterocycles. The van der Waals surface area contributed by atoms with E-state index in [4.69, 9.17) is 16.7 Å². The van der Waals surface area contributed by atoms with Crippen LogP contribution in [0.5, 0.6) is 0 Å². The summed E-state index contributed by atoms with van der Waals surface area (Å²) >= 11 is 5.53. The number of aromatic nitrogens is 1. The van der Waals surface area contributed by atoms with Gasteiger partial charge in [0.15, 0.2) is 0 Å². The quantitative estimate of drug-likeness (QED) is 0.788. The number of hydrogen-bond donors (Lipinski definition) is 1. The van der Waals surface area contributed by atoms with Gasteiger partial charge in [0.05, 0.1) is 12.6 Å². The number of carbonyl (C=O) groups is 1. The second-order valence-electron chi connectivity index (χ2n) is 2.53. The van der Waals surface area contributed by atoms with Crippen LogP contribution in [0.4, 0.5) is 4.39 Å². The molecule has 0 fully saturated rings. The van der Waals surface area contributed by atoms with Crippen LogP contribution in [0, 0.1) is 5.82 Å². The second-order valence-corrected chi connectivity index (χ2v) is 2.92. The summed E-state index contributed by atoms with van der Waals surface area (Å²) in [4.78, 5) is 13.7. The first kappa shape index (κ1) is 10.7. The molecule has 1 aromatic rings. The Morgan fingerprint density at radius 3 is 3.07 bits per heavy atom. The van der Waals surface area contributed by atoms with E-state index in [9.17, 15) is 9.18 Å². The average Bonchev–Trinajstić information content (AvgIpc) is 2.10. The van der Waals surface area contributed by atoms with Gasteiger partial charge in [-0.2, -0.15) is 0 Å². The number of rotatable bonds is 3. The van der Waals surface area contributed by atoms with Crippen molar-refractivity contribution in [3.63, 3.8) is 0 Å². The maximum Gasteiger partial charge on any atom is 0.307 e. The summed E-state index contributed by atoms with van der Waals surface area (Å²) in [5.41, 5.74) is 0.228. The van der Waals surface area contributed by atoms with Crippen LogP contribution in [0.2, 0.25) is 5.15 Å². The number of pyridine rings is 1. The molecule has 0 amide bonds. The highest BCUT2D eigenvalue weighted by Gasteiger charge is 2.00. The van der Waals surface area contributed by atoms with Crippen LogP contribution >= 0.6 is 11.6 Å². The molecule has 0 atom stereocenters. The van der Waals surface area contributed by atoms with E-state index in [0.717, 1.165) is 6.20 Å². The fourth-order valence-corrected chi connectivity index (χ4v) is 1.01. The van der Waals surface area contributed by atoms with Gasteiger partial charge in [-0.05, 0) is 6.07 Å². The molecule has 0 saturated carbocycles. The van der Waals surface area contributed by atoms with Crippen molar-refractivity contribution in [3.8, 4) is 0 Å². The Kier molecular flexibility index (Phi) is 3.59. The summed E-state index contributed by atoms with van der Waals surface area (Å²) in [6.07, 6.45) is 3.54. The Bertz CT molecular complexity index is 379. The molecule has 0 aliphatic rings. The minimum atomic E-state index is -0.971. The molecular weight excluding hydrogens is 209 g/mol. The van der Waals surface area contributed by atoms with Gasteiger partial charge in [-0.1, -0.05) is 23.8 Å². The topological polar surface area (TPSA) is 50.2 Å². The number of carboxylic acids is 1. The van der Waals surface area contributed by atoms with Crippen molar-refractivity contribution < 1.29 is 14.3 Å². The number of halogens is 2. The molecule has 0 unspecified atom stereocenters. The molecule has 5 heteroatoms. The minimum Gasteiger partial charge on any atom is -0.481 e. The van der Waals surface area contributed by atoms with E-state index in [1.54, 1.807) is 0 Å². The van der Waals surface area contributed by atoms with Crippen molar-refractivity contribution in [2.24, 2.45) is 0 Å². The van der Waals surface area contributed by atoms with Crippen LogP contribution in [0.15, 0.2) is 18.3 Å². The summed E-state index contributed by atoms with van der Waals surface area (Å²) in [6.45, 7) is 0. The third-order valence-electron chi connectivity index (χ3n) is 1.44. The largest absolute Gasteiger partial charge is 0.481 e. The van der Waals surface area contributed by atoms with Crippen LogP contribution < -0.4 is 0 Å². The lowest BCUT2D eigenvalue weighted by atomic mass is 10.2. The summed E-state index contributed by atoms with van der Waals surface area (Å²) in [7, 11) is 0. The van der Waals surface area contributed by atoms with Crippen molar-refractivity contribution >= 4 is 23.6 Å². The Hall–Kier alpha value is -1.42. The Balaban J connectivity index is 2.80. The van der Waals surface area contributed by atoms with Gasteiger partial charge in [0, 0.05) is 5.56 Å². The molecule has 1 N–H and O–H groups in total. The zero-order valence-electron chi connectivity index (χ0n) is 7.08. The SMILES string of the molecule is O=C(O)CC=Cc1cc(Cl)ncc1F. The zero-order chi connectivity index (χ0) is 10.6.